The van der Waals surface area contributed by atoms with Crippen LogP contribution >= 0.6 is 31.9 Å². The summed E-state index contributed by atoms with van der Waals surface area (Å²) in [4.78, 5) is -0.404. The van der Waals surface area contributed by atoms with Crippen LogP contribution in [0.5, 0.6) is 11.5 Å². The molecule has 0 aliphatic rings. The minimum Gasteiger partial charge on any atom is -0.493 e. The number of ether oxygens (including phenoxy) is 3. The van der Waals surface area contributed by atoms with Gasteiger partial charge in [0.25, 0.3) is 0 Å². The van der Waals surface area contributed by atoms with Crippen molar-refractivity contribution >= 4 is 31.9 Å². The second kappa shape index (κ2) is 7.51. The lowest BCUT2D eigenvalue weighted by molar-refractivity contribution is -0.173. The summed E-state index contributed by atoms with van der Waals surface area (Å²) in [5.74, 6) is 1.02. The van der Waals surface area contributed by atoms with Crippen molar-refractivity contribution in [3.8, 4) is 11.5 Å². The Kier molecular flexibility index (Phi) is 6.60. The van der Waals surface area contributed by atoms with Crippen molar-refractivity contribution in [2.24, 2.45) is 0 Å². The maximum absolute atomic E-state index is 12.0. The summed E-state index contributed by atoms with van der Waals surface area (Å²) in [6.45, 7) is -1.40. The van der Waals surface area contributed by atoms with Gasteiger partial charge in [0.1, 0.15) is 6.61 Å². The molecule has 3 nitrogen and oxygen atoms in total. The lowest BCUT2D eigenvalue weighted by atomic mass is 10.1. The van der Waals surface area contributed by atoms with Gasteiger partial charge in [-0.1, -0.05) is 31.9 Å². The van der Waals surface area contributed by atoms with Gasteiger partial charge in [-0.15, -0.1) is 0 Å². The predicted molar refractivity (Wildman–Crippen MR) is 75.8 cm³/mol. The molecular weight excluding hydrogens is 409 g/mol. The van der Waals surface area contributed by atoms with Crippen LogP contribution in [0.4, 0.5) is 13.2 Å². The average Bonchev–Trinajstić information content (AvgIpc) is 2.36. The highest BCUT2D eigenvalue weighted by Gasteiger charge is 2.28. The summed E-state index contributed by atoms with van der Waals surface area (Å²) >= 11 is 6.64. The normalized spacial score (nSPS) is 13.2. The fraction of sp³-hybridized carbons (Fsp3) is 0.500. The van der Waals surface area contributed by atoms with Crippen molar-refractivity contribution in [2.45, 2.75) is 11.0 Å². The van der Waals surface area contributed by atoms with Gasteiger partial charge in [-0.05, 0) is 17.7 Å². The first-order valence-corrected chi connectivity index (χ1v) is 7.19. The molecule has 0 aromatic heterocycles. The number of methoxy groups -OCH3 is 2. The van der Waals surface area contributed by atoms with E-state index in [1.165, 1.54) is 14.2 Å². The van der Waals surface area contributed by atoms with E-state index in [1.807, 2.05) is 0 Å². The quantitative estimate of drug-likeness (QED) is 0.634. The minimum atomic E-state index is -4.33. The SMILES string of the molecule is COc1cc(Br)c(C(Br)COCC(F)(F)F)cc1OC. The fourth-order valence-corrected chi connectivity index (χ4v) is 2.95. The van der Waals surface area contributed by atoms with Crippen LogP contribution in [0.2, 0.25) is 0 Å². The maximum atomic E-state index is 12.0. The molecule has 1 aromatic carbocycles. The monoisotopic (exact) mass is 420 g/mol. The Morgan fingerprint density at radius 3 is 2.20 bits per heavy atom. The van der Waals surface area contributed by atoms with Crippen LogP contribution in [0.3, 0.4) is 0 Å². The van der Waals surface area contributed by atoms with Crippen molar-refractivity contribution in [3.05, 3.63) is 22.2 Å². The summed E-state index contributed by atoms with van der Waals surface area (Å²) in [5.41, 5.74) is 0.713. The average molecular weight is 422 g/mol. The van der Waals surface area contributed by atoms with Crippen LogP contribution in [-0.4, -0.2) is 33.6 Å². The molecule has 0 saturated heterocycles. The topological polar surface area (TPSA) is 27.7 Å². The van der Waals surface area contributed by atoms with Crippen LogP contribution in [-0.2, 0) is 4.74 Å². The van der Waals surface area contributed by atoms with E-state index in [0.717, 1.165) is 0 Å². The van der Waals surface area contributed by atoms with E-state index < -0.39 is 17.6 Å². The Bertz CT molecular complexity index is 452. The molecule has 0 radical (unpaired) electrons. The van der Waals surface area contributed by atoms with Crippen LogP contribution in [0, 0.1) is 0 Å². The van der Waals surface area contributed by atoms with Gasteiger partial charge >= 0.3 is 6.18 Å². The van der Waals surface area contributed by atoms with Crippen LogP contribution in [0.1, 0.15) is 10.4 Å². The first kappa shape index (κ1) is 17.6. The van der Waals surface area contributed by atoms with Gasteiger partial charge in [0.2, 0.25) is 0 Å². The Hall–Kier alpha value is -0.470. The zero-order chi connectivity index (χ0) is 15.3. The first-order valence-electron chi connectivity index (χ1n) is 5.48. The molecule has 0 N–H and O–H groups in total. The minimum absolute atomic E-state index is 0.117. The molecule has 0 bridgehead atoms. The maximum Gasteiger partial charge on any atom is 0.411 e. The molecule has 0 fully saturated rings. The molecule has 114 valence electrons. The third-order valence-electron chi connectivity index (χ3n) is 2.37. The summed E-state index contributed by atoms with van der Waals surface area (Å²) in [6.07, 6.45) is -4.33. The van der Waals surface area contributed by atoms with E-state index in [2.05, 4.69) is 36.6 Å². The second-order valence-corrected chi connectivity index (χ2v) is 5.79. The predicted octanol–water partition coefficient (Wildman–Crippen LogP) is 4.48. The third-order valence-corrected chi connectivity index (χ3v) is 3.81. The Balaban J connectivity index is 2.79. The molecule has 1 rings (SSSR count). The standard InChI is InChI=1S/C12H13Br2F3O3/c1-18-10-3-7(8(13)4-11(10)19-2)9(14)5-20-6-12(15,16)17/h3-4,9H,5-6H2,1-2H3. The van der Waals surface area contributed by atoms with Gasteiger partial charge < -0.3 is 14.2 Å². The third kappa shape index (κ3) is 5.14. The van der Waals surface area contributed by atoms with Crippen LogP contribution < -0.4 is 9.47 Å². The molecule has 0 aliphatic heterocycles. The van der Waals surface area contributed by atoms with E-state index in [1.54, 1.807) is 12.1 Å². The van der Waals surface area contributed by atoms with Gasteiger partial charge in [-0.3, -0.25) is 0 Å². The molecule has 0 spiro atoms. The zero-order valence-corrected chi connectivity index (χ0v) is 13.9. The molecule has 0 amide bonds. The number of rotatable bonds is 6. The van der Waals surface area contributed by atoms with Crippen molar-refractivity contribution in [3.63, 3.8) is 0 Å². The molecule has 0 aliphatic carbocycles. The molecule has 1 atom stereocenters. The molecule has 0 heterocycles. The summed E-state index contributed by atoms with van der Waals surface area (Å²) in [7, 11) is 2.99. The lowest BCUT2D eigenvalue weighted by Gasteiger charge is -2.16. The van der Waals surface area contributed by atoms with E-state index in [0.29, 0.717) is 21.5 Å². The first-order chi connectivity index (χ1) is 9.28. The van der Waals surface area contributed by atoms with E-state index >= 15 is 0 Å². The molecule has 1 aromatic rings. The summed E-state index contributed by atoms with van der Waals surface area (Å²) < 4.78 is 51.7. The van der Waals surface area contributed by atoms with Gasteiger partial charge in [-0.2, -0.15) is 13.2 Å². The Morgan fingerprint density at radius 2 is 1.70 bits per heavy atom. The zero-order valence-electron chi connectivity index (χ0n) is 10.8. The van der Waals surface area contributed by atoms with Gasteiger partial charge in [0, 0.05) is 4.47 Å². The number of halogens is 5. The van der Waals surface area contributed by atoms with E-state index in [9.17, 15) is 13.2 Å². The van der Waals surface area contributed by atoms with Crippen LogP contribution in [0.15, 0.2) is 16.6 Å². The van der Waals surface area contributed by atoms with Crippen molar-refractivity contribution in [2.75, 3.05) is 27.4 Å². The molecule has 1 unspecified atom stereocenters. The highest BCUT2D eigenvalue weighted by atomic mass is 79.9. The summed E-state index contributed by atoms with van der Waals surface area (Å²) in [6, 6.07) is 3.37. The molecule has 8 heteroatoms. The number of alkyl halides is 4. The second-order valence-electron chi connectivity index (χ2n) is 3.83. The van der Waals surface area contributed by atoms with Crippen molar-refractivity contribution in [1.29, 1.82) is 0 Å². The van der Waals surface area contributed by atoms with Crippen LogP contribution in [0.25, 0.3) is 0 Å². The largest absolute Gasteiger partial charge is 0.493 e. The van der Waals surface area contributed by atoms with Gasteiger partial charge in [0.15, 0.2) is 11.5 Å². The highest BCUT2D eigenvalue weighted by molar-refractivity contribution is 9.11. The van der Waals surface area contributed by atoms with Gasteiger partial charge in [0.05, 0.1) is 25.7 Å². The smallest absolute Gasteiger partial charge is 0.411 e. The van der Waals surface area contributed by atoms with Crippen molar-refractivity contribution in [1.82, 2.24) is 0 Å². The highest BCUT2D eigenvalue weighted by Crippen LogP contribution is 2.38. The summed E-state index contributed by atoms with van der Waals surface area (Å²) in [5, 5.41) is 0. The fourth-order valence-electron chi connectivity index (χ4n) is 1.48. The van der Waals surface area contributed by atoms with Crippen molar-refractivity contribution < 1.29 is 27.4 Å². The number of benzene rings is 1. The number of hydrogen-bond donors (Lipinski definition) is 0. The number of hydrogen-bond acceptors (Lipinski definition) is 3. The Morgan fingerprint density at radius 1 is 1.15 bits per heavy atom. The van der Waals surface area contributed by atoms with E-state index in [4.69, 9.17) is 9.47 Å². The molecular formula is C12H13Br2F3O3. The lowest BCUT2D eigenvalue weighted by Crippen LogP contribution is -2.18. The van der Waals surface area contributed by atoms with E-state index in [-0.39, 0.29) is 6.61 Å². The molecule has 20 heavy (non-hydrogen) atoms. The Labute approximate surface area is 131 Å². The molecule has 0 saturated carbocycles. The van der Waals surface area contributed by atoms with Gasteiger partial charge in [-0.25, -0.2) is 0 Å².